The molecule has 0 N–H and O–H groups in total. The number of nitrogens with zero attached hydrogens (tertiary/aromatic N) is 1. The standard InChI is InChI=1S/C9H11Br2NO3/c1-9(2,3)15-8(13)12-6(10)4-14-5-7(12)11/h4-5H,1-3H3. The Hall–Kier alpha value is -0.490. The van der Waals surface area contributed by atoms with E-state index in [4.69, 9.17) is 9.47 Å². The van der Waals surface area contributed by atoms with E-state index in [1.165, 1.54) is 17.4 Å². The minimum absolute atomic E-state index is 0.475. The molecule has 1 heterocycles. The third kappa shape index (κ3) is 3.53. The maximum atomic E-state index is 11.7. The smallest absolute Gasteiger partial charge is 0.420 e. The summed E-state index contributed by atoms with van der Waals surface area (Å²) in [5.41, 5.74) is -0.532. The highest BCUT2D eigenvalue weighted by molar-refractivity contribution is 9.12. The summed E-state index contributed by atoms with van der Waals surface area (Å²) in [6.45, 7) is 5.42. The van der Waals surface area contributed by atoms with Gasteiger partial charge in [-0.3, -0.25) is 0 Å². The summed E-state index contributed by atoms with van der Waals surface area (Å²) in [6.07, 6.45) is 2.32. The van der Waals surface area contributed by atoms with Crippen LogP contribution in [-0.4, -0.2) is 16.6 Å². The normalized spacial score (nSPS) is 16.5. The Bertz CT molecular complexity index is 313. The van der Waals surface area contributed by atoms with Gasteiger partial charge in [-0.15, -0.1) is 0 Å². The molecule has 1 aliphatic rings. The molecule has 15 heavy (non-hydrogen) atoms. The molecule has 6 heteroatoms. The van der Waals surface area contributed by atoms with Gasteiger partial charge in [0.05, 0.1) is 0 Å². The van der Waals surface area contributed by atoms with Gasteiger partial charge in [0.1, 0.15) is 27.3 Å². The molecule has 1 aliphatic heterocycles. The summed E-state index contributed by atoms with van der Waals surface area (Å²) in [5.74, 6) is 0. The summed E-state index contributed by atoms with van der Waals surface area (Å²) in [5, 5.41) is 0. The zero-order valence-corrected chi connectivity index (χ0v) is 11.8. The van der Waals surface area contributed by atoms with Crippen LogP contribution in [-0.2, 0) is 9.47 Å². The molecule has 0 aromatic heterocycles. The summed E-state index contributed by atoms with van der Waals surface area (Å²) in [6, 6.07) is 0. The van der Waals surface area contributed by atoms with Crippen molar-refractivity contribution in [3.05, 3.63) is 21.7 Å². The Morgan fingerprint density at radius 3 is 2.20 bits per heavy atom. The van der Waals surface area contributed by atoms with Crippen molar-refractivity contribution in [2.45, 2.75) is 26.4 Å². The fourth-order valence-electron chi connectivity index (χ4n) is 0.836. The number of amides is 1. The number of ether oxygens (including phenoxy) is 2. The van der Waals surface area contributed by atoms with Gasteiger partial charge in [0.15, 0.2) is 0 Å². The van der Waals surface area contributed by atoms with Crippen LogP contribution in [0, 0.1) is 0 Å². The molecule has 0 atom stereocenters. The van der Waals surface area contributed by atoms with E-state index in [-0.39, 0.29) is 0 Å². The van der Waals surface area contributed by atoms with E-state index in [1.54, 1.807) is 20.8 Å². The predicted octanol–water partition coefficient (Wildman–Crippen LogP) is 3.64. The summed E-state index contributed by atoms with van der Waals surface area (Å²) >= 11 is 6.39. The van der Waals surface area contributed by atoms with Gasteiger partial charge in [-0.1, -0.05) is 0 Å². The van der Waals surface area contributed by atoms with Gasteiger partial charge >= 0.3 is 6.09 Å². The highest BCUT2D eigenvalue weighted by Crippen LogP contribution is 2.28. The van der Waals surface area contributed by atoms with Crippen molar-refractivity contribution < 1.29 is 14.3 Å². The number of carbonyl (C=O) groups is 1. The van der Waals surface area contributed by atoms with E-state index in [0.29, 0.717) is 9.21 Å². The van der Waals surface area contributed by atoms with Gasteiger partial charge in [0, 0.05) is 0 Å². The van der Waals surface area contributed by atoms with Crippen LogP contribution in [0.5, 0.6) is 0 Å². The molecule has 0 aromatic carbocycles. The van der Waals surface area contributed by atoms with Crippen LogP contribution in [0.4, 0.5) is 4.79 Å². The first-order chi connectivity index (χ1) is 6.81. The van der Waals surface area contributed by atoms with Crippen LogP contribution in [0.2, 0.25) is 0 Å². The molecule has 1 amide bonds. The first-order valence-corrected chi connectivity index (χ1v) is 5.80. The largest absolute Gasteiger partial charge is 0.467 e. The highest BCUT2D eigenvalue weighted by Gasteiger charge is 2.28. The molecule has 0 bridgehead atoms. The van der Waals surface area contributed by atoms with Gasteiger partial charge < -0.3 is 9.47 Å². The van der Waals surface area contributed by atoms with Crippen molar-refractivity contribution in [1.29, 1.82) is 0 Å². The van der Waals surface area contributed by atoms with Crippen LogP contribution >= 0.6 is 31.9 Å². The fraction of sp³-hybridized carbons (Fsp3) is 0.444. The molecule has 0 aromatic rings. The lowest BCUT2D eigenvalue weighted by atomic mass is 10.2. The van der Waals surface area contributed by atoms with Crippen molar-refractivity contribution in [1.82, 2.24) is 4.90 Å². The number of halogens is 2. The number of rotatable bonds is 0. The molecule has 0 aliphatic carbocycles. The summed E-state index contributed by atoms with van der Waals surface area (Å²) in [7, 11) is 0. The van der Waals surface area contributed by atoms with E-state index in [9.17, 15) is 4.79 Å². The van der Waals surface area contributed by atoms with Gasteiger partial charge in [-0.05, 0) is 52.6 Å². The lowest BCUT2D eigenvalue weighted by molar-refractivity contribution is 0.0378. The average molecular weight is 341 g/mol. The highest BCUT2D eigenvalue weighted by atomic mass is 79.9. The minimum atomic E-state index is -0.532. The molecule has 1 rings (SSSR count). The molecular formula is C9H11Br2NO3. The van der Waals surface area contributed by atoms with Crippen LogP contribution in [0.25, 0.3) is 0 Å². The summed E-state index contributed by atoms with van der Waals surface area (Å²) < 4.78 is 11.1. The monoisotopic (exact) mass is 339 g/mol. The van der Waals surface area contributed by atoms with Crippen molar-refractivity contribution in [2.24, 2.45) is 0 Å². The minimum Gasteiger partial charge on any atom is -0.467 e. The molecule has 0 fully saturated rings. The van der Waals surface area contributed by atoms with Crippen molar-refractivity contribution in [3.8, 4) is 0 Å². The Morgan fingerprint density at radius 2 is 1.80 bits per heavy atom. The van der Waals surface area contributed by atoms with Gasteiger partial charge in [-0.25, -0.2) is 9.69 Å². The second-order valence-electron chi connectivity index (χ2n) is 3.83. The van der Waals surface area contributed by atoms with E-state index in [1.807, 2.05) is 0 Å². The van der Waals surface area contributed by atoms with Crippen LogP contribution < -0.4 is 0 Å². The first kappa shape index (κ1) is 12.6. The molecule has 4 nitrogen and oxygen atoms in total. The number of hydrogen-bond acceptors (Lipinski definition) is 3. The van der Waals surface area contributed by atoms with Crippen molar-refractivity contribution in [3.63, 3.8) is 0 Å². The maximum Gasteiger partial charge on any atom is 0.420 e. The molecule has 0 saturated heterocycles. The van der Waals surface area contributed by atoms with Crippen LogP contribution in [0.1, 0.15) is 20.8 Å². The second kappa shape index (κ2) is 4.57. The second-order valence-corrected chi connectivity index (χ2v) is 5.46. The molecule has 0 saturated carbocycles. The van der Waals surface area contributed by atoms with Gasteiger partial charge in [-0.2, -0.15) is 0 Å². The van der Waals surface area contributed by atoms with E-state index >= 15 is 0 Å². The Labute approximate surface area is 105 Å². The van der Waals surface area contributed by atoms with Crippen molar-refractivity contribution in [2.75, 3.05) is 0 Å². The molecule has 0 spiro atoms. The third-order valence-electron chi connectivity index (χ3n) is 1.33. The molecule has 84 valence electrons. The molecule has 0 unspecified atom stereocenters. The quantitative estimate of drug-likeness (QED) is 0.632. The average Bonchev–Trinajstić information content (AvgIpc) is 1.99. The first-order valence-electron chi connectivity index (χ1n) is 4.21. The number of hydrogen-bond donors (Lipinski definition) is 0. The fourth-order valence-corrected chi connectivity index (χ4v) is 1.96. The Balaban J connectivity index is 2.78. The zero-order chi connectivity index (χ0) is 11.6. The third-order valence-corrected chi connectivity index (χ3v) is 2.42. The Morgan fingerprint density at radius 1 is 1.33 bits per heavy atom. The van der Waals surface area contributed by atoms with E-state index in [2.05, 4.69) is 31.9 Å². The van der Waals surface area contributed by atoms with Gasteiger partial charge in [0.25, 0.3) is 0 Å². The van der Waals surface area contributed by atoms with Crippen LogP contribution in [0.3, 0.4) is 0 Å². The predicted molar refractivity (Wildman–Crippen MR) is 63.2 cm³/mol. The maximum absolute atomic E-state index is 11.7. The topological polar surface area (TPSA) is 38.8 Å². The van der Waals surface area contributed by atoms with Crippen molar-refractivity contribution >= 4 is 38.0 Å². The lowest BCUT2D eigenvalue weighted by Crippen LogP contribution is -2.34. The molecular weight excluding hydrogens is 330 g/mol. The van der Waals surface area contributed by atoms with Crippen LogP contribution in [0.15, 0.2) is 21.7 Å². The SMILES string of the molecule is CC(C)(C)OC(=O)N1C(Br)=COC=C1Br. The Kier molecular flexibility index (Phi) is 3.83. The zero-order valence-electron chi connectivity index (χ0n) is 8.58. The lowest BCUT2D eigenvalue weighted by Gasteiger charge is -2.27. The molecule has 0 radical (unpaired) electrons. The van der Waals surface area contributed by atoms with E-state index in [0.717, 1.165) is 0 Å². The van der Waals surface area contributed by atoms with E-state index < -0.39 is 11.7 Å². The van der Waals surface area contributed by atoms with Gasteiger partial charge in [0.2, 0.25) is 0 Å². The number of carbonyl (C=O) groups excluding carboxylic acids is 1. The summed E-state index contributed by atoms with van der Waals surface area (Å²) in [4.78, 5) is 13.1.